The number of hydrogen-bond acceptors (Lipinski definition) is 5. The molecule has 2 aromatic rings. The molecule has 1 atom stereocenters. The van der Waals surface area contributed by atoms with Crippen molar-refractivity contribution in [3.63, 3.8) is 0 Å². The van der Waals surface area contributed by atoms with Crippen molar-refractivity contribution in [1.29, 1.82) is 0 Å². The third-order valence-corrected chi connectivity index (χ3v) is 4.36. The number of nitrogens with one attached hydrogen (secondary N) is 1. The van der Waals surface area contributed by atoms with Crippen LogP contribution in [0.2, 0.25) is 0 Å². The van der Waals surface area contributed by atoms with Crippen LogP contribution in [0, 0.1) is 0 Å². The summed E-state index contributed by atoms with van der Waals surface area (Å²) >= 11 is 0. The number of ketones is 1. The smallest absolute Gasteiger partial charge is 0.331 e. The van der Waals surface area contributed by atoms with Crippen molar-refractivity contribution in [1.82, 2.24) is 0 Å². The van der Waals surface area contributed by atoms with Gasteiger partial charge in [-0.1, -0.05) is 12.1 Å². The van der Waals surface area contributed by atoms with Crippen LogP contribution in [-0.4, -0.2) is 31.4 Å². The summed E-state index contributed by atoms with van der Waals surface area (Å²) in [6.45, 7) is 1.42. The zero-order valence-electron chi connectivity index (χ0n) is 15.0. The maximum atomic E-state index is 12.3. The Hall–Kier alpha value is -3.41. The predicted octanol–water partition coefficient (Wildman–Crippen LogP) is 3.19. The lowest BCUT2D eigenvalue weighted by molar-refractivity contribution is -0.136. The number of fused-ring (bicyclic) bond motifs is 1. The molecule has 6 nitrogen and oxygen atoms in total. The molecule has 138 valence electrons. The van der Waals surface area contributed by atoms with E-state index in [0.717, 1.165) is 16.9 Å². The van der Waals surface area contributed by atoms with E-state index >= 15 is 0 Å². The number of ether oxygens (including phenoxy) is 2. The van der Waals surface area contributed by atoms with Crippen molar-refractivity contribution in [2.75, 3.05) is 19.0 Å². The summed E-state index contributed by atoms with van der Waals surface area (Å²) in [6, 6.07) is 12.1. The molecule has 0 unspecified atom stereocenters. The van der Waals surface area contributed by atoms with Gasteiger partial charge in [0, 0.05) is 17.3 Å². The molecule has 0 aromatic heterocycles. The standard InChI is InChI=1S/C21H19NO5/c1-13-17-11-15(6-9-18(17)22-21(13)25)19(23)12-27-20(24)10-5-14-3-7-16(26-2)8-4-14/h3-11,13H,12H2,1-2H3,(H,22,25)/b10-5+/t13-/m1/s1. The van der Waals surface area contributed by atoms with Gasteiger partial charge >= 0.3 is 5.97 Å². The molecule has 1 N–H and O–H groups in total. The van der Waals surface area contributed by atoms with E-state index in [1.807, 2.05) is 0 Å². The average molecular weight is 365 g/mol. The second-order valence-corrected chi connectivity index (χ2v) is 6.15. The van der Waals surface area contributed by atoms with Crippen LogP contribution in [0.15, 0.2) is 48.5 Å². The van der Waals surface area contributed by atoms with Crippen LogP contribution in [0.4, 0.5) is 5.69 Å². The second-order valence-electron chi connectivity index (χ2n) is 6.15. The number of benzene rings is 2. The molecule has 1 amide bonds. The zero-order chi connectivity index (χ0) is 19.4. The van der Waals surface area contributed by atoms with Crippen molar-refractivity contribution in [2.24, 2.45) is 0 Å². The number of Topliss-reactive ketones (excluding diaryl/α,β-unsaturated/α-hetero) is 1. The molecule has 0 aliphatic carbocycles. The Morgan fingerprint density at radius 2 is 1.89 bits per heavy atom. The Labute approximate surface area is 156 Å². The number of hydrogen-bond donors (Lipinski definition) is 1. The molecular formula is C21H19NO5. The van der Waals surface area contributed by atoms with Gasteiger partial charge in [0.2, 0.25) is 5.91 Å². The summed E-state index contributed by atoms with van der Waals surface area (Å²) in [7, 11) is 1.58. The lowest BCUT2D eigenvalue weighted by Crippen LogP contribution is -2.13. The van der Waals surface area contributed by atoms with Crippen LogP contribution in [0.1, 0.15) is 34.3 Å². The number of carbonyl (C=O) groups excluding carboxylic acids is 3. The highest BCUT2D eigenvalue weighted by Crippen LogP contribution is 2.32. The largest absolute Gasteiger partial charge is 0.497 e. The first-order chi connectivity index (χ1) is 13.0. The van der Waals surface area contributed by atoms with E-state index in [9.17, 15) is 14.4 Å². The fourth-order valence-corrected chi connectivity index (χ4v) is 2.74. The van der Waals surface area contributed by atoms with Gasteiger partial charge in [-0.05, 0) is 54.5 Å². The van der Waals surface area contributed by atoms with Gasteiger partial charge in [0.1, 0.15) is 5.75 Å². The fourth-order valence-electron chi connectivity index (χ4n) is 2.74. The van der Waals surface area contributed by atoms with Gasteiger partial charge in [0.15, 0.2) is 12.4 Å². The number of carbonyl (C=O) groups is 3. The molecule has 2 aromatic carbocycles. The van der Waals surface area contributed by atoms with Crippen molar-refractivity contribution < 1.29 is 23.9 Å². The molecule has 0 radical (unpaired) electrons. The quantitative estimate of drug-likeness (QED) is 0.483. The molecule has 0 fully saturated rings. The third-order valence-electron chi connectivity index (χ3n) is 4.36. The van der Waals surface area contributed by atoms with Gasteiger partial charge in [-0.3, -0.25) is 9.59 Å². The first kappa shape index (κ1) is 18.4. The maximum Gasteiger partial charge on any atom is 0.331 e. The van der Waals surface area contributed by atoms with Crippen molar-refractivity contribution in [3.05, 3.63) is 65.2 Å². The number of rotatable bonds is 6. The minimum absolute atomic E-state index is 0.0929. The zero-order valence-corrected chi connectivity index (χ0v) is 15.0. The van der Waals surface area contributed by atoms with Gasteiger partial charge in [0.25, 0.3) is 0 Å². The molecule has 1 aliphatic rings. The average Bonchev–Trinajstić information content (AvgIpc) is 2.98. The van der Waals surface area contributed by atoms with E-state index in [1.165, 1.54) is 6.08 Å². The molecule has 0 saturated carbocycles. The van der Waals surface area contributed by atoms with Gasteiger partial charge in [-0.25, -0.2) is 4.79 Å². The van der Waals surface area contributed by atoms with Crippen LogP contribution in [0.5, 0.6) is 5.75 Å². The Morgan fingerprint density at radius 1 is 1.15 bits per heavy atom. The van der Waals surface area contributed by atoms with Crippen molar-refractivity contribution in [3.8, 4) is 5.75 Å². The number of esters is 1. The molecule has 3 rings (SSSR count). The minimum atomic E-state index is -0.606. The van der Waals surface area contributed by atoms with Gasteiger partial charge < -0.3 is 14.8 Å². The number of anilines is 1. The van der Waals surface area contributed by atoms with Gasteiger partial charge in [-0.15, -0.1) is 0 Å². The van der Waals surface area contributed by atoms with E-state index in [4.69, 9.17) is 9.47 Å². The lowest BCUT2D eigenvalue weighted by atomic mass is 9.99. The van der Waals surface area contributed by atoms with E-state index in [-0.39, 0.29) is 24.2 Å². The SMILES string of the molecule is COc1ccc(/C=C/C(=O)OCC(=O)c2ccc3c(c2)[C@@H](C)C(=O)N3)cc1. The monoisotopic (exact) mass is 365 g/mol. The highest BCUT2D eigenvalue weighted by Gasteiger charge is 2.27. The molecule has 1 aliphatic heterocycles. The van der Waals surface area contributed by atoms with Crippen molar-refractivity contribution >= 4 is 29.4 Å². The van der Waals surface area contributed by atoms with E-state index in [1.54, 1.807) is 62.6 Å². The molecule has 27 heavy (non-hydrogen) atoms. The van der Waals surface area contributed by atoms with E-state index in [0.29, 0.717) is 11.3 Å². The molecule has 0 spiro atoms. The Bertz CT molecular complexity index is 915. The van der Waals surface area contributed by atoms with Crippen LogP contribution in [-0.2, 0) is 14.3 Å². The highest BCUT2D eigenvalue weighted by atomic mass is 16.5. The summed E-state index contributed by atoms with van der Waals surface area (Å²) in [5, 5.41) is 2.75. The van der Waals surface area contributed by atoms with E-state index in [2.05, 4.69) is 5.32 Å². The number of amides is 1. The summed E-state index contributed by atoms with van der Waals surface area (Å²) in [5.41, 5.74) is 2.70. The second kappa shape index (κ2) is 7.86. The summed E-state index contributed by atoms with van der Waals surface area (Å²) < 4.78 is 10.1. The predicted molar refractivity (Wildman–Crippen MR) is 101 cm³/mol. The number of methoxy groups -OCH3 is 1. The topological polar surface area (TPSA) is 81.7 Å². The minimum Gasteiger partial charge on any atom is -0.497 e. The summed E-state index contributed by atoms with van der Waals surface area (Å²) in [4.78, 5) is 35.8. The highest BCUT2D eigenvalue weighted by molar-refractivity contribution is 6.05. The molecule has 0 bridgehead atoms. The third kappa shape index (κ3) is 4.23. The molecule has 6 heteroatoms. The fraction of sp³-hybridized carbons (Fsp3) is 0.190. The lowest BCUT2D eigenvalue weighted by Gasteiger charge is -2.06. The normalized spacial score (nSPS) is 15.3. The maximum absolute atomic E-state index is 12.3. The van der Waals surface area contributed by atoms with Gasteiger partial charge in [-0.2, -0.15) is 0 Å². The first-order valence-corrected chi connectivity index (χ1v) is 8.45. The summed E-state index contributed by atoms with van der Waals surface area (Å²) in [6.07, 6.45) is 2.86. The summed E-state index contributed by atoms with van der Waals surface area (Å²) in [5.74, 6) is -0.602. The van der Waals surface area contributed by atoms with Gasteiger partial charge in [0.05, 0.1) is 13.0 Å². The first-order valence-electron chi connectivity index (χ1n) is 8.45. The van der Waals surface area contributed by atoms with Crippen molar-refractivity contribution in [2.45, 2.75) is 12.8 Å². The van der Waals surface area contributed by atoms with Crippen LogP contribution in [0.3, 0.4) is 0 Å². The Kier molecular flexibility index (Phi) is 5.35. The molecular weight excluding hydrogens is 346 g/mol. The Morgan fingerprint density at radius 3 is 2.59 bits per heavy atom. The van der Waals surface area contributed by atoms with Crippen LogP contribution < -0.4 is 10.1 Å². The van der Waals surface area contributed by atoms with Crippen LogP contribution >= 0.6 is 0 Å². The molecule has 0 saturated heterocycles. The van der Waals surface area contributed by atoms with Crippen LogP contribution in [0.25, 0.3) is 6.08 Å². The molecule has 1 heterocycles. The Balaban J connectivity index is 1.56. The van der Waals surface area contributed by atoms with E-state index < -0.39 is 5.97 Å².